The fourth-order valence-corrected chi connectivity index (χ4v) is 18.7. The number of anilines is 1. The molecule has 136 heavy (non-hydrogen) atoms. The summed E-state index contributed by atoms with van der Waals surface area (Å²) in [5.41, 5.74) is 17.6. The van der Waals surface area contributed by atoms with Crippen molar-refractivity contribution in [2.75, 3.05) is 44.7 Å². The van der Waals surface area contributed by atoms with Crippen molar-refractivity contribution in [2.45, 2.75) is 265 Å². The van der Waals surface area contributed by atoms with Crippen LogP contribution in [0.2, 0.25) is 0 Å². The molecule has 0 saturated carbocycles. The van der Waals surface area contributed by atoms with Gasteiger partial charge in [-0.3, -0.25) is 43.2 Å². The molecule has 7 atom stereocenters. The molecule has 0 N–H and O–H groups in total. The Bertz CT molecular complexity index is 5430. The molecule has 4 fully saturated rings. The summed E-state index contributed by atoms with van der Waals surface area (Å²) in [5, 5.41) is 0. The number of rotatable bonds is 33. The van der Waals surface area contributed by atoms with Crippen molar-refractivity contribution < 1.29 is 43.2 Å². The predicted molar refractivity (Wildman–Crippen MR) is 563 cm³/mol. The van der Waals surface area contributed by atoms with Gasteiger partial charge in [-0.1, -0.05) is 322 Å². The van der Waals surface area contributed by atoms with E-state index in [0.29, 0.717) is 19.0 Å². The van der Waals surface area contributed by atoms with Gasteiger partial charge in [-0.05, 0) is 265 Å². The first kappa shape index (κ1) is 108. The maximum Gasteiger partial charge on any atom is 0.246 e. The van der Waals surface area contributed by atoms with Crippen LogP contribution in [-0.2, 0) is 56.0 Å². The number of carbonyl (C=O) groups is 9. The van der Waals surface area contributed by atoms with Crippen LogP contribution in [0.25, 0.3) is 27.9 Å². The summed E-state index contributed by atoms with van der Waals surface area (Å²) in [6.07, 6.45) is 29.2. The van der Waals surface area contributed by atoms with E-state index in [1.807, 2.05) is 160 Å². The van der Waals surface area contributed by atoms with Gasteiger partial charge in [-0.25, -0.2) is 0 Å². The number of nitrogens with zero attached hydrogens (tertiary/aromatic N) is 5. The topological polar surface area (TPSA) is 170 Å². The number of benzene rings is 8. The van der Waals surface area contributed by atoms with Crippen molar-refractivity contribution in [1.82, 2.24) is 19.6 Å². The number of carbonyl (C=O) groups excluding carboxylic acids is 9. The molecule has 8 aromatic carbocycles. The molecule has 12 rings (SSSR count). The molecule has 0 bridgehead atoms. The Labute approximate surface area is 815 Å². The summed E-state index contributed by atoms with van der Waals surface area (Å²) >= 11 is 0. The molecule has 0 aromatic heterocycles. The second-order valence-electron chi connectivity index (χ2n) is 41.7. The average Bonchev–Trinajstić information content (AvgIpc) is 1.60. The van der Waals surface area contributed by atoms with E-state index in [1.165, 1.54) is 44.5 Å². The van der Waals surface area contributed by atoms with Gasteiger partial charge < -0.3 is 24.5 Å². The van der Waals surface area contributed by atoms with Crippen LogP contribution in [0.3, 0.4) is 0 Å². The SMILES string of the molecule is C/C(=C\C(=O)CC1CCCCN(CC(=O)N(C)c2ccccc2)C1=O)c1ccc(C)cc1.C/C(=C\C(=O)C[C@H](C(=O)N1CCCC1/C=C/CCc1ccccc1)C(C)(C)C)c1ccc(C)cc1.C/C(=C\C(=O)C[C@H](C(=O)N1CCCC1CCCCc1ccccc1)C(C)(C)C)c1ccc(C)cc1.C/C(=C\C1CCCN1C(=O)[C@@H](CC(=O)/C=C(\C)c1ccc(C)cc1)C(C)(C)C)c1ccccc1. The molecule has 8 aromatic rings. The molecule has 4 aliphatic heterocycles. The maximum atomic E-state index is 13.8. The van der Waals surface area contributed by atoms with E-state index in [-0.39, 0.29) is 137 Å². The summed E-state index contributed by atoms with van der Waals surface area (Å²) in [5.74, 6) is -1.19. The molecular weight excluding hydrogens is 1680 g/mol. The lowest BCUT2D eigenvalue weighted by atomic mass is 9.76. The minimum Gasteiger partial charge on any atom is -0.339 e. The second kappa shape index (κ2) is 52.5. The van der Waals surface area contributed by atoms with E-state index in [0.717, 1.165) is 160 Å². The number of hydrogen-bond acceptors (Lipinski definition) is 9. The van der Waals surface area contributed by atoms with Gasteiger partial charge in [0.05, 0.1) is 29.8 Å². The number of unbranched alkanes of at least 4 members (excludes halogenated alkanes) is 1. The zero-order valence-corrected chi connectivity index (χ0v) is 85.2. The average molecular weight is 1840 g/mol. The lowest BCUT2D eigenvalue weighted by Gasteiger charge is -2.35. The van der Waals surface area contributed by atoms with Gasteiger partial charge >= 0.3 is 0 Å². The van der Waals surface area contributed by atoms with Gasteiger partial charge in [0.15, 0.2) is 23.1 Å². The highest BCUT2D eigenvalue weighted by Crippen LogP contribution is 2.39. The van der Waals surface area contributed by atoms with E-state index in [9.17, 15) is 43.2 Å². The quantitative estimate of drug-likeness (QED) is 0.0221. The minimum atomic E-state index is -0.373. The Balaban J connectivity index is 0.000000203. The van der Waals surface area contributed by atoms with Gasteiger partial charge in [0.1, 0.15) is 6.54 Å². The summed E-state index contributed by atoms with van der Waals surface area (Å²) < 4.78 is 0. The highest BCUT2D eigenvalue weighted by molar-refractivity contribution is 6.03. The third-order valence-electron chi connectivity index (χ3n) is 27.4. The summed E-state index contributed by atoms with van der Waals surface area (Å²) in [7, 11) is 1.72. The number of allylic oxidation sites excluding steroid dienone is 10. The molecule has 14 heteroatoms. The van der Waals surface area contributed by atoms with Crippen LogP contribution < -0.4 is 4.90 Å². The first-order valence-corrected chi connectivity index (χ1v) is 49.8. The zero-order chi connectivity index (χ0) is 98.8. The molecule has 4 heterocycles. The molecule has 4 aliphatic rings. The van der Waals surface area contributed by atoms with Crippen LogP contribution >= 0.6 is 0 Å². The standard InChI is InChI=1S/C32H43NO2.C32H41NO2.C31H39NO2.C27H32N2O3/c2*1-24-17-19-27(20-18-24)25(2)22-29(34)23-30(32(3,4)5)31(35)33-21-11-16-28(33)15-10-9-14-26-12-7-6-8-13-26;1-22-14-16-26(17-15-22)24(3)20-28(33)21-29(31(4,5)6)30(34)32-18-10-13-27(32)19-23(2)25-11-8-7-9-12-25;1-20-12-14-22(15-13-20)21(2)17-25(30)18-23-9-7-8-16-29(27(23)32)19-26(31)28(3)24-10-5-4-6-11-24/h6-8,12-13,17-20,22,28,30H,9-11,14-16,21,23H2,1-5H3;6-8,10,12-13,15,17-20,22,28,30H,9,11,14,16,21,23H2,1-5H3;7-9,11-12,14-17,19-20,27,29H,10,13,18,21H2,1-6H3;4-6,10-15,17,23H,7-9,16,18-19H2,1-3H3/b25-22+;15-10+,25-22+;23-19+,24-20+;21-17+/t2*28?,30-;27?,29-;/m111./s1. The number of likely N-dealkylation sites (tertiary alicyclic amines) is 4. The van der Waals surface area contributed by atoms with Crippen molar-refractivity contribution in [3.05, 3.63) is 322 Å². The monoisotopic (exact) mass is 1830 g/mol. The number of likely N-dealkylation sites (N-methyl/N-ethyl adjacent to an activating group) is 1. The fourth-order valence-electron chi connectivity index (χ4n) is 18.7. The summed E-state index contributed by atoms with van der Waals surface area (Å²) in [4.78, 5) is 128. The van der Waals surface area contributed by atoms with E-state index in [2.05, 4.69) is 216 Å². The highest BCUT2D eigenvalue weighted by Gasteiger charge is 2.43. The molecular formula is C122H155N5O9. The Morgan fingerprint density at radius 1 is 0.382 bits per heavy atom. The Morgan fingerprint density at radius 2 is 0.743 bits per heavy atom. The molecule has 0 radical (unpaired) electrons. The Morgan fingerprint density at radius 3 is 1.17 bits per heavy atom. The third kappa shape index (κ3) is 34.2. The van der Waals surface area contributed by atoms with Crippen LogP contribution in [0.5, 0.6) is 0 Å². The van der Waals surface area contributed by atoms with Gasteiger partial charge in [0, 0.05) is 76.6 Å². The van der Waals surface area contributed by atoms with Gasteiger partial charge in [0.25, 0.3) is 0 Å². The largest absolute Gasteiger partial charge is 0.339 e. The second-order valence-corrected chi connectivity index (χ2v) is 41.7. The molecule has 4 saturated heterocycles. The lowest BCUT2D eigenvalue weighted by molar-refractivity contribution is -0.142. The van der Waals surface area contributed by atoms with Crippen molar-refractivity contribution >= 4 is 86.2 Å². The number of para-hydroxylation sites is 1. The molecule has 0 spiro atoms. The predicted octanol–water partition coefficient (Wildman–Crippen LogP) is 26.4. The first-order chi connectivity index (χ1) is 64.7. The lowest BCUT2D eigenvalue weighted by Crippen LogP contribution is -2.44. The van der Waals surface area contributed by atoms with Gasteiger partial charge in [-0.2, -0.15) is 0 Å². The number of aryl methyl sites for hydroxylation is 6. The van der Waals surface area contributed by atoms with Gasteiger partial charge in [0.2, 0.25) is 29.5 Å². The van der Waals surface area contributed by atoms with Gasteiger partial charge in [-0.15, -0.1) is 0 Å². The zero-order valence-electron chi connectivity index (χ0n) is 85.2. The number of ketones is 4. The van der Waals surface area contributed by atoms with E-state index in [4.69, 9.17) is 0 Å². The fraction of sp³-hybridized carbons (Fsp3) is 0.434. The Kier molecular flexibility index (Phi) is 41.7. The molecule has 5 amide bonds. The van der Waals surface area contributed by atoms with Crippen LogP contribution in [-0.4, -0.2) is 130 Å². The third-order valence-corrected chi connectivity index (χ3v) is 27.4. The highest BCUT2D eigenvalue weighted by atomic mass is 16.2. The van der Waals surface area contributed by atoms with E-state index >= 15 is 0 Å². The summed E-state index contributed by atoms with van der Waals surface area (Å²) in [6, 6.07) is 74.0. The van der Waals surface area contributed by atoms with Crippen LogP contribution in [0.1, 0.15) is 267 Å². The summed E-state index contributed by atoms with van der Waals surface area (Å²) in [6.45, 7) is 39.7. The van der Waals surface area contributed by atoms with E-state index in [1.54, 1.807) is 41.2 Å². The van der Waals surface area contributed by atoms with Crippen LogP contribution in [0.15, 0.2) is 261 Å². The van der Waals surface area contributed by atoms with Crippen molar-refractivity contribution in [2.24, 2.45) is 39.9 Å². The first-order valence-electron chi connectivity index (χ1n) is 49.8. The Hall–Kier alpha value is -11.8. The van der Waals surface area contributed by atoms with Crippen molar-refractivity contribution in [3.63, 3.8) is 0 Å². The molecule has 0 aliphatic carbocycles. The van der Waals surface area contributed by atoms with E-state index < -0.39 is 0 Å². The smallest absolute Gasteiger partial charge is 0.246 e. The minimum absolute atomic E-state index is 0.0121. The molecule has 722 valence electrons. The maximum absolute atomic E-state index is 13.8. The molecule has 14 nitrogen and oxygen atoms in total. The number of hydrogen-bond donors (Lipinski definition) is 0. The van der Waals surface area contributed by atoms with Crippen molar-refractivity contribution in [1.29, 1.82) is 0 Å². The normalized spacial score (nSPS) is 17.6. The van der Waals surface area contributed by atoms with Crippen LogP contribution in [0, 0.1) is 67.6 Å². The molecule has 4 unspecified atom stereocenters. The number of amides is 5. The van der Waals surface area contributed by atoms with Crippen LogP contribution in [0.4, 0.5) is 5.69 Å². The van der Waals surface area contributed by atoms with Crippen molar-refractivity contribution in [3.8, 4) is 0 Å².